The van der Waals surface area contributed by atoms with Crippen LogP contribution >= 0.6 is 0 Å². The Bertz CT molecular complexity index is 105. The van der Waals surface area contributed by atoms with Crippen LogP contribution in [0.1, 0.15) is 20.3 Å². The van der Waals surface area contributed by atoms with Crippen LogP contribution in [0.4, 0.5) is 0 Å². The van der Waals surface area contributed by atoms with Gasteiger partial charge in [0.1, 0.15) is 6.54 Å². The maximum Gasteiger partial charge on any atom is 0.319 e. The molecule has 0 aromatic carbocycles. The quantitative estimate of drug-likeness (QED) is 0.552. The molecule has 0 saturated heterocycles. The van der Waals surface area contributed by atoms with Gasteiger partial charge < -0.3 is 5.11 Å². The number of hydrogen-bond acceptors (Lipinski definition) is 3. The lowest BCUT2D eigenvalue weighted by molar-refractivity contribution is -0.139. The summed E-state index contributed by atoms with van der Waals surface area (Å²) >= 11 is 0. The normalized spacial score (nSPS) is 13.0. The van der Waals surface area contributed by atoms with Gasteiger partial charge in [-0.15, -0.1) is 0 Å². The van der Waals surface area contributed by atoms with Crippen molar-refractivity contribution < 1.29 is 14.7 Å². The Morgan fingerprint density at radius 3 is 2.80 bits per heavy atom. The molecule has 0 fully saturated rings. The maximum atomic E-state index is 9.93. The van der Waals surface area contributed by atoms with Gasteiger partial charge >= 0.3 is 5.97 Å². The van der Waals surface area contributed by atoms with E-state index in [4.69, 9.17) is 9.94 Å². The molecule has 1 atom stereocenters. The van der Waals surface area contributed by atoms with Crippen LogP contribution in [0, 0.1) is 0 Å². The molecule has 0 bridgehead atoms. The average Bonchev–Trinajstić information content (AvgIpc) is 1.87. The van der Waals surface area contributed by atoms with Crippen molar-refractivity contribution in [3.8, 4) is 0 Å². The first-order chi connectivity index (χ1) is 4.66. The van der Waals surface area contributed by atoms with Crippen LogP contribution in [0.5, 0.6) is 0 Å². The second kappa shape index (κ2) is 5.20. The zero-order valence-electron chi connectivity index (χ0n) is 6.26. The first-order valence-electron chi connectivity index (χ1n) is 3.27. The maximum absolute atomic E-state index is 9.93. The monoisotopic (exact) mass is 147 g/mol. The lowest BCUT2D eigenvalue weighted by Crippen LogP contribution is -2.26. The predicted molar refractivity (Wildman–Crippen MR) is 36.5 cm³/mol. The van der Waals surface area contributed by atoms with Crippen molar-refractivity contribution in [2.24, 2.45) is 0 Å². The largest absolute Gasteiger partial charge is 0.480 e. The molecule has 0 radical (unpaired) electrons. The summed E-state index contributed by atoms with van der Waals surface area (Å²) in [5, 5.41) is 8.16. The van der Waals surface area contributed by atoms with E-state index in [1.807, 2.05) is 13.8 Å². The molecule has 0 aromatic rings. The Balaban J connectivity index is 3.11. The van der Waals surface area contributed by atoms with Crippen molar-refractivity contribution in [2.45, 2.75) is 26.4 Å². The summed E-state index contributed by atoms with van der Waals surface area (Å²) in [6, 6.07) is 0. The van der Waals surface area contributed by atoms with E-state index in [9.17, 15) is 4.79 Å². The highest BCUT2D eigenvalue weighted by Crippen LogP contribution is 1.90. The highest BCUT2D eigenvalue weighted by Gasteiger charge is 1.99. The van der Waals surface area contributed by atoms with Crippen molar-refractivity contribution in [1.82, 2.24) is 5.48 Å². The molecule has 0 aliphatic rings. The summed E-state index contributed by atoms with van der Waals surface area (Å²) in [7, 11) is 0. The number of carboxylic acid groups (broad SMARTS) is 1. The smallest absolute Gasteiger partial charge is 0.319 e. The van der Waals surface area contributed by atoms with Gasteiger partial charge in [-0.3, -0.25) is 9.63 Å². The molecule has 0 aliphatic heterocycles. The average molecular weight is 147 g/mol. The molecule has 0 amide bonds. The molecule has 0 spiro atoms. The van der Waals surface area contributed by atoms with E-state index in [1.54, 1.807) is 0 Å². The molecular weight excluding hydrogens is 134 g/mol. The second-order valence-electron chi connectivity index (χ2n) is 2.05. The number of nitrogens with one attached hydrogen (secondary N) is 1. The van der Waals surface area contributed by atoms with E-state index in [1.165, 1.54) is 0 Å². The van der Waals surface area contributed by atoms with E-state index in [-0.39, 0.29) is 12.6 Å². The minimum atomic E-state index is -0.914. The van der Waals surface area contributed by atoms with E-state index in [0.717, 1.165) is 6.42 Å². The molecule has 0 aliphatic carbocycles. The van der Waals surface area contributed by atoms with E-state index in [0.29, 0.717) is 0 Å². The fourth-order valence-corrected chi connectivity index (χ4v) is 0.329. The number of aliphatic carboxylic acids is 1. The lowest BCUT2D eigenvalue weighted by atomic mass is 10.3. The number of hydroxylamine groups is 1. The fraction of sp³-hybridized carbons (Fsp3) is 0.833. The zero-order chi connectivity index (χ0) is 7.98. The van der Waals surface area contributed by atoms with Gasteiger partial charge in [-0.1, -0.05) is 6.92 Å². The third-order valence-corrected chi connectivity index (χ3v) is 1.08. The zero-order valence-corrected chi connectivity index (χ0v) is 6.26. The summed E-state index contributed by atoms with van der Waals surface area (Å²) < 4.78 is 0. The van der Waals surface area contributed by atoms with Crippen LogP contribution in [0.25, 0.3) is 0 Å². The molecule has 0 aromatic heterocycles. The molecule has 0 rings (SSSR count). The van der Waals surface area contributed by atoms with Crippen LogP contribution in [-0.2, 0) is 9.63 Å². The summed E-state index contributed by atoms with van der Waals surface area (Å²) in [5.74, 6) is -0.914. The predicted octanol–water partition coefficient (Wildman–Crippen LogP) is 0.391. The Kier molecular flexibility index (Phi) is 4.88. The highest BCUT2D eigenvalue weighted by atomic mass is 16.7. The summed E-state index contributed by atoms with van der Waals surface area (Å²) in [4.78, 5) is 14.8. The molecule has 0 saturated carbocycles. The van der Waals surface area contributed by atoms with Crippen LogP contribution in [0.2, 0.25) is 0 Å². The first-order valence-corrected chi connectivity index (χ1v) is 3.27. The van der Waals surface area contributed by atoms with E-state index < -0.39 is 5.97 Å². The SMILES string of the molecule is CCC(C)ONCC(=O)O. The van der Waals surface area contributed by atoms with Gasteiger partial charge in [-0.25, -0.2) is 0 Å². The van der Waals surface area contributed by atoms with Gasteiger partial charge in [-0.05, 0) is 13.3 Å². The van der Waals surface area contributed by atoms with Gasteiger partial charge in [0.05, 0.1) is 6.10 Å². The number of hydrogen-bond donors (Lipinski definition) is 2. The van der Waals surface area contributed by atoms with Gasteiger partial charge in [0, 0.05) is 0 Å². The first kappa shape index (κ1) is 9.39. The second-order valence-corrected chi connectivity index (χ2v) is 2.05. The van der Waals surface area contributed by atoms with Crippen LogP contribution in [-0.4, -0.2) is 23.7 Å². The Hall–Kier alpha value is -0.610. The van der Waals surface area contributed by atoms with E-state index >= 15 is 0 Å². The van der Waals surface area contributed by atoms with Crippen molar-refractivity contribution in [3.05, 3.63) is 0 Å². The summed E-state index contributed by atoms with van der Waals surface area (Å²) in [5.41, 5.74) is 2.34. The standard InChI is InChI=1S/C6H13NO3/c1-3-5(2)10-7-4-6(8)9/h5,7H,3-4H2,1-2H3,(H,8,9). The number of rotatable bonds is 5. The van der Waals surface area contributed by atoms with Gasteiger partial charge in [0.15, 0.2) is 0 Å². The third-order valence-electron chi connectivity index (χ3n) is 1.08. The minimum absolute atomic E-state index is 0.0688. The molecule has 10 heavy (non-hydrogen) atoms. The molecule has 4 heteroatoms. The highest BCUT2D eigenvalue weighted by molar-refractivity contribution is 5.68. The van der Waals surface area contributed by atoms with Crippen molar-refractivity contribution >= 4 is 5.97 Å². The summed E-state index contributed by atoms with van der Waals surface area (Å²) in [6.07, 6.45) is 0.937. The van der Waals surface area contributed by atoms with Crippen LogP contribution in [0.3, 0.4) is 0 Å². The fourth-order valence-electron chi connectivity index (χ4n) is 0.329. The number of carbonyl (C=O) groups is 1. The Morgan fingerprint density at radius 2 is 2.40 bits per heavy atom. The molecule has 4 nitrogen and oxygen atoms in total. The van der Waals surface area contributed by atoms with Crippen molar-refractivity contribution in [3.63, 3.8) is 0 Å². The number of carboxylic acids is 1. The van der Waals surface area contributed by atoms with Crippen LogP contribution in [0.15, 0.2) is 0 Å². The Morgan fingerprint density at radius 1 is 1.80 bits per heavy atom. The third kappa shape index (κ3) is 5.53. The van der Waals surface area contributed by atoms with E-state index in [2.05, 4.69) is 5.48 Å². The van der Waals surface area contributed by atoms with Crippen molar-refractivity contribution in [1.29, 1.82) is 0 Å². The topological polar surface area (TPSA) is 58.6 Å². The molecule has 1 unspecified atom stereocenters. The lowest BCUT2D eigenvalue weighted by Gasteiger charge is -2.08. The van der Waals surface area contributed by atoms with Crippen molar-refractivity contribution in [2.75, 3.05) is 6.54 Å². The van der Waals surface area contributed by atoms with Crippen LogP contribution < -0.4 is 5.48 Å². The molecular formula is C6H13NO3. The van der Waals surface area contributed by atoms with Gasteiger partial charge in [-0.2, -0.15) is 5.48 Å². The summed E-state index contributed by atoms with van der Waals surface area (Å²) in [6.45, 7) is 3.69. The van der Waals surface area contributed by atoms with Gasteiger partial charge in [0.25, 0.3) is 0 Å². The molecule has 60 valence electrons. The Labute approximate surface area is 60.1 Å². The van der Waals surface area contributed by atoms with Gasteiger partial charge in [0.2, 0.25) is 0 Å². The molecule has 0 heterocycles. The molecule has 2 N–H and O–H groups in total. The minimum Gasteiger partial charge on any atom is -0.480 e.